The quantitative estimate of drug-likeness (QED) is 0.628. The summed E-state index contributed by atoms with van der Waals surface area (Å²) in [6.07, 6.45) is 0. The van der Waals surface area contributed by atoms with Crippen LogP contribution in [-0.4, -0.2) is 19.9 Å². The van der Waals surface area contributed by atoms with Gasteiger partial charge in [-0.05, 0) is 24.4 Å². The second-order valence-electron chi connectivity index (χ2n) is 3.88. The Kier molecular flexibility index (Phi) is 4.05. The van der Waals surface area contributed by atoms with Crippen LogP contribution in [-0.2, 0) is 10.0 Å². The van der Waals surface area contributed by atoms with Crippen LogP contribution >= 0.6 is 11.3 Å². The van der Waals surface area contributed by atoms with E-state index in [1.54, 1.807) is 24.4 Å². The lowest BCUT2D eigenvalue weighted by atomic mass is 10.3. The van der Waals surface area contributed by atoms with Crippen LogP contribution < -0.4 is 4.31 Å². The van der Waals surface area contributed by atoms with Crippen LogP contribution in [0.4, 0.5) is 11.4 Å². The first-order valence-electron chi connectivity index (χ1n) is 5.77. The zero-order valence-corrected chi connectivity index (χ0v) is 12.2. The third-order valence-corrected chi connectivity index (χ3v) is 5.93. The van der Waals surface area contributed by atoms with Gasteiger partial charge in [0, 0.05) is 18.7 Å². The molecule has 2 rings (SSSR count). The minimum Gasteiger partial charge on any atom is -0.266 e. The van der Waals surface area contributed by atoms with E-state index in [9.17, 15) is 18.5 Å². The maximum Gasteiger partial charge on any atom is 0.273 e. The van der Waals surface area contributed by atoms with E-state index in [0.717, 1.165) is 15.6 Å². The molecule has 0 amide bonds. The molecule has 0 spiro atoms. The number of nitro groups is 1. The zero-order valence-electron chi connectivity index (χ0n) is 10.6. The van der Waals surface area contributed by atoms with Crippen molar-refractivity contribution in [1.29, 1.82) is 0 Å². The first-order chi connectivity index (χ1) is 9.46. The van der Waals surface area contributed by atoms with Crippen molar-refractivity contribution < 1.29 is 13.3 Å². The fourth-order valence-electron chi connectivity index (χ4n) is 1.77. The maximum absolute atomic E-state index is 12.5. The Bertz CT molecular complexity index is 711. The zero-order chi connectivity index (χ0) is 14.8. The molecule has 0 atom stereocenters. The summed E-state index contributed by atoms with van der Waals surface area (Å²) in [4.78, 5) is 10.2. The van der Waals surface area contributed by atoms with Gasteiger partial charge in [0.05, 0.1) is 10.6 Å². The summed E-state index contributed by atoms with van der Waals surface area (Å²) in [6, 6.07) is 8.77. The predicted molar refractivity (Wildman–Crippen MR) is 77.6 cm³/mol. The number of nitrogens with zero attached hydrogens (tertiary/aromatic N) is 2. The SMILES string of the molecule is CCN(c1cccc([N+](=O)[O-])c1)S(=O)(=O)c1cccs1. The van der Waals surface area contributed by atoms with Gasteiger partial charge in [-0.15, -0.1) is 11.3 Å². The summed E-state index contributed by atoms with van der Waals surface area (Å²) < 4.78 is 26.3. The van der Waals surface area contributed by atoms with Gasteiger partial charge in [0.2, 0.25) is 0 Å². The average molecular weight is 312 g/mol. The van der Waals surface area contributed by atoms with Crippen LogP contribution in [0.15, 0.2) is 46.0 Å². The maximum atomic E-state index is 12.5. The summed E-state index contributed by atoms with van der Waals surface area (Å²) in [5.41, 5.74) is 0.150. The van der Waals surface area contributed by atoms with E-state index in [1.165, 1.54) is 24.3 Å². The molecule has 0 saturated carbocycles. The number of benzene rings is 1. The van der Waals surface area contributed by atoms with E-state index in [1.807, 2.05) is 0 Å². The number of anilines is 1. The highest BCUT2D eigenvalue weighted by molar-refractivity contribution is 7.94. The molecule has 106 valence electrons. The molecule has 0 aliphatic rings. The Morgan fingerprint density at radius 1 is 1.30 bits per heavy atom. The molecule has 0 N–H and O–H groups in total. The largest absolute Gasteiger partial charge is 0.273 e. The van der Waals surface area contributed by atoms with E-state index in [-0.39, 0.29) is 22.1 Å². The molecule has 1 aromatic carbocycles. The number of non-ortho nitro benzene ring substituents is 1. The lowest BCUT2D eigenvalue weighted by Crippen LogP contribution is -2.30. The number of hydrogen-bond donors (Lipinski definition) is 0. The van der Waals surface area contributed by atoms with Crippen molar-refractivity contribution >= 4 is 32.7 Å². The molecule has 2 aromatic rings. The molecule has 20 heavy (non-hydrogen) atoms. The number of rotatable bonds is 5. The summed E-state index contributed by atoms with van der Waals surface area (Å²) in [5, 5.41) is 12.5. The fourth-order valence-corrected chi connectivity index (χ4v) is 4.34. The molecule has 0 fully saturated rings. The predicted octanol–water partition coefficient (Wildman–Crippen LogP) is 2.87. The van der Waals surface area contributed by atoms with E-state index >= 15 is 0 Å². The van der Waals surface area contributed by atoms with Gasteiger partial charge in [-0.2, -0.15) is 0 Å². The molecular weight excluding hydrogens is 300 g/mol. The van der Waals surface area contributed by atoms with Gasteiger partial charge < -0.3 is 0 Å². The molecule has 0 aliphatic heterocycles. The molecule has 0 bridgehead atoms. The normalized spacial score (nSPS) is 11.2. The Balaban J connectivity index is 2.48. The first-order valence-corrected chi connectivity index (χ1v) is 8.09. The second-order valence-corrected chi connectivity index (χ2v) is 6.92. The highest BCUT2D eigenvalue weighted by Gasteiger charge is 2.25. The molecule has 1 aromatic heterocycles. The van der Waals surface area contributed by atoms with Crippen molar-refractivity contribution in [3.8, 4) is 0 Å². The van der Waals surface area contributed by atoms with Crippen LogP contribution in [0.2, 0.25) is 0 Å². The Hall–Kier alpha value is -1.93. The summed E-state index contributed by atoms with van der Waals surface area (Å²) in [6.45, 7) is 1.88. The van der Waals surface area contributed by atoms with Gasteiger partial charge in [0.1, 0.15) is 4.21 Å². The third-order valence-electron chi connectivity index (χ3n) is 2.66. The molecule has 0 radical (unpaired) electrons. The van der Waals surface area contributed by atoms with E-state index < -0.39 is 14.9 Å². The smallest absolute Gasteiger partial charge is 0.266 e. The standard InChI is InChI=1S/C12H12N2O4S2/c1-2-13(20(17,18)12-7-4-8-19-12)10-5-3-6-11(9-10)14(15)16/h3-9H,2H2,1H3. The summed E-state index contributed by atoms with van der Waals surface area (Å²) >= 11 is 1.12. The van der Waals surface area contributed by atoms with Crippen LogP contribution in [0.5, 0.6) is 0 Å². The molecule has 6 nitrogen and oxygen atoms in total. The van der Waals surface area contributed by atoms with Gasteiger partial charge in [0.25, 0.3) is 15.7 Å². The summed E-state index contributed by atoms with van der Waals surface area (Å²) in [7, 11) is -3.67. The minimum atomic E-state index is -3.67. The molecular formula is C12H12N2O4S2. The van der Waals surface area contributed by atoms with Crippen LogP contribution in [0.25, 0.3) is 0 Å². The highest BCUT2D eigenvalue weighted by atomic mass is 32.2. The number of nitro benzene ring substituents is 1. The Morgan fingerprint density at radius 2 is 2.05 bits per heavy atom. The molecule has 0 aliphatic carbocycles. The van der Waals surface area contributed by atoms with Crippen LogP contribution in [0.1, 0.15) is 6.92 Å². The average Bonchev–Trinajstić information content (AvgIpc) is 2.94. The van der Waals surface area contributed by atoms with Crippen molar-refractivity contribution in [3.63, 3.8) is 0 Å². The monoisotopic (exact) mass is 312 g/mol. The van der Waals surface area contributed by atoms with E-state index in [2.05, 4.69) is 0 Å². The first kappa shape index (κ1) is 14.5. The van der Waals surface area contributed by atoms with Crippen molar-refractivity contribution in [1.82, 2.24) is 0 Å². The minimum absolute atomic E-state index is 0.137. The molecule has 8 heteroatoms. The number of hydrogen-bond acceptors (Lipinski definition) is 5. The van der Waals surface area contributed by atoms with Crippen molar-refractivity contribution in [3.05, 3.63) is 51.9 Å². The topological polar surface area (TPSA) is 80.5 Å². The van der Waals surface area contributed by atoms with Gasteiger partial charge in [0.15, 0.2) is 0 Å². The third kappa shape index (κ3) is 2.66. The van der Waals surface area contributed by atoms with Gasteiger partial charge in [-0.1, -0.05) is 12.1 Å². The number of sulfonamides is 1. The van der Waals surface area contributed by atoms with Gasteiger partial charge in [-0.25, -0.2) is 8.42 Å². The molecule has 0 unspecified atom stereocenters. The van der Waals surface area contributed by atoms with Crippen molar-refractivity contribution in [2.45, 2.75) is 11.1 Å². The highest BCUT2D eigenvalue weighted by Crippen LogP contribution is 2.28. The van der Waals surface area contributed by atoms with Gasteiger partial charge >= 0.3 is 0 Å². The molecule has 0 saturated heterocycles. The lowest BCUT2D eigenvalue weighted by Gasteiger charge is -2.21. The van der Waals surface area contributed by atoms with E-state index in [4.69, 9.17) is 0 Å². The summed E-state index contributed by atoms with van der Waals surface area (Å²) in [5.74, 6) is 0. The van der Waals surface area contributed by atoms with Crippen LogP contribution in [0.3, 0.4) is 0 Å². The lowest BCUT2D eigenvalue weighted by molar-refractivity contribution is -0.384. The number of thiophene rings is 1. The Labute approximate surface area is 120 Å². The Morgan fingerprint density at radius 3 is 2.60 bits per heavy atom. The molecule has 1 heterocycles. The van der Waals surface area contributed by atoms with Crippen molar-refractivity contribution in [2.24, 2.45) is 0 Å². The fraction of sp³-hybridized carbons (Fsp3) is 0.167. The van der Waals surface area contributed by atoms with Crippen LogP contribution in [0, 0.1) is 10.1 Å². The van der Waals surface area contributed by atoms with Crippen molar-refractivity contribution in [2.75, 3.05) is 10.8 Å². The second kappa shape index (κ2) is 5.59. The van der Waals surface area contributed by atoms with Gasteiger partial charge in [-0.3, -0.25) is 14.4 Å². The van der Waals surface area contributed by atoms with E-state index in [0.29, 0.717) is 0 Å².